The highest BCUT2D eigenvalue weighted by molar-refractivity contribution is 5.97. The van der Waals surface area contributed by atoms with E-state index in [0.29, 0.717) is 5.56 Å². The van der Waals surface area contributed by atoms with E-state index in [1.165, 1.54) is 0 Å². The van der Waals surface area contributed by atoms with Crippen molar-refractivity contribution in [2.75, 3.05) is 6.54 Å². The number of unbranched alkanes of at least 4 members (excludes halogenated alkanes) is 2. The summed E-state index contributed by atoms with van der Waals surface area (Å²) in [6, 6.07) is 5.46. The monoisotopic (exact) mass is 263 g/mol. The van der Waals surface area contributed by atoms with Gasteiger partial charge < -0.3 is 10.0 Å². The molecule has 3 heteroatoms. The molecule has 0 fully saturated rings. The molecule has 0 radical (unpaired) electrons. The molecule has 0 heterocycles. The number of carbonyl (C=O) groups is 1. The normalized spacial score (nSPS) is 10.8. The lowest BCUT2D eigenvalue weighted by Crippen LogP contribution is -2.37. The van der Waals surface area contributed by atoms with Crippen LogP contribution in [-0.4, -0.2) is 28.5 Å². The Bertz CT molecular complexity index is 427. The van der Waals surface area contributed by atoms with E-state index in [9.17, 15) is 9.90 Å². The standard InChI is InChI=1S/C16H25NO2/c1-5-6-7-11-17(12(2)3)16(19)14-10-8-9-13(4)15(14)18/h8-10,12,18H,5-7,11H2,1-4H3. The van der Waals surface area contributed by atoms with Gasteiger partial charge in [0.05, 0.1) is 5.56 Å². The van der Waals surface area contributed by atoms with Crippen LogP contribution in [0.1, 0.15) is 56.0 Å². The quantitative estimate of drug-likeness (QED) is 0.794. The van der Waals surface area contributed by atoms with Crippen molar-refractivity contribution < 1.29 is 9.90 Å². The SMILES string of the molecule is CCCCCN(C(=O)c1cccc(C)c1O)C(C)C. The van der Waals surface area contributed by atoms with Crippen molar-refractivity contribution in [3.63, 3.8) is 0 Å². The minimum Gasteiger partial charge on any atom is -0.507 e. The molecule has 0 bridgehead atoms. The molecule has 1 aromatic carbocycles. The van der Waals surface area contributed by atoms with Gasteiger partial charge in [-0.05, 0) is 38.8 Å². The van der Waals surface area contributed by atoms with Crippen molar-refractivity contribution in [3.05, 3.63) is 29.3 Å². The summed E-state index contributed by atoms with van der Waals surface area (Å²) in [6.45, 7) is 8.72. The third kappa shape index (κ3) is 3.98. The number of phenols is 1. The predicted molar refractivity (Wildman–Crippen MR) is 78.5 cm³/mol. The fraction of sp³-hybridized carbons (Fsp3) is 0.562. The Kier molecular flexibility index (Phi) is 5.87. The Morgan fingerprint density at radius 3 is 2.58 bits per heavy atom. The van der Waals surface area contributed by atoms with Crippen LogP contribution < -0.4 is 0 Å². The summed E-state index contributed by atoms with van der Waals surface area (Å²) in [6.07, 6.45) is 3.26. The molecule has 0 aliphatic rings. The fourth-order valence-corrected chi connectivity index (χ4v) is 2.11. The molecule has 0 aliphatic carbocycles. The van der Waals surface area contributed by atoms with Gasteiger partial charge in [0, 0.05) is 12.6 Å². The number of amides is 1. The highest BCUT2D eigenvalue weighted by Gasteiger charge is 2.21. The first-order valence-corrected chi connectivity index (χ1v) is 7.08. The molecule has 0 unspecified atom stereocenters. The van der Waals surface area contributed by atoms with Crippen LogP contribution in [0.15, 0.2) is 18.2 Å². The van der Waals surface area contributed by atoms with Crippen LogP contribution in [0.3, 0.4) is 0 Å². The molecule has 0 aliphatic heterocycles. The molecule has 1 N–H and O–H groups in total. The second-order valence-electron chi connectivity index (χ2n) is 5.27. The van der Waals surface area contributed by atoms with Gasteiger partial charge in [-0.3, -0.25) is 4.79 Å². The maximum Gasteiger partial charge on any atom is 0.257 e. The summed E-state index contributed by atoms with van der Waals surface area (Å²) in [5.74, 6) is 0.0287. The number of aryl methyl sites for hydroxylation is 1. The zero-order chi connectivity index (χ0) is 14.4. The molecule has 1 aromatic rings. The first-order chi connectivity index (χ1) is 8.99. The zero-order valence-electron chi connectivity index (χ0n) is 12.4. The van der Waals surface area contributed by atoms with E-state index in [0.717, 1.165) is 31.4 Å². The van der Waals surface area contributed by atoms with Crippen LogP contribution in [-0.2, 0) is 0 Å². The van der Waals surface area contributed by atoms with Crippen molar-refractivity contribution in [1.82, 2.24) is 4.90 Å². The van der Waals surface area contributed by atoms with Gasteiger partial charge in [0.15, 0.2) is 0 Å². The van der Waals surface area contributed by atoms with Crippen LogP contribution in [0.4, 0.5) is 0 Å². The lowest BCUT2D eigenvalue weighted by molar-refractivity contribution is 0.0699. The number of hydrogen-bond acceptors (Lipinski definition) is 2. The van der Waals surface area contributed by atoms with Gasteiger partial charge in [-0.15, -0.1) is 0 Å². The van der Waals surface area contributed by atoms with E-state index in [1.807, 2.05) is 37.8 Å². The van der Waals surface area contributed by atoms with Crippen LogP contribution in [0.5, 0.6) is 5.75 Å². The largest absolute Gasteiger partial charge is 0.507 e. The molecule has 0 saturated heterocycles. The van der Waals surface area contributed by atoms with Crippen LogP contribution >= 0.6 is 0 Å². The first kappa shape index (κ1) is 15.5. The number of benzene rings is 1. The van der Waals surface area contributed by atoms with Crippen LogP contribution in [0, 0.1) is 6.92 Å². The smallest absolute Gasteiger partial charge is 0.257 e. The second kappa shape index (κ2) is 7.17. The van der Waals surface area contributed by atoms with Gasteiger partial charge in [0.2, 0.25) is 0 Å². The number of nitrogens with zero attached hydrogens (tertiary/aromatic N) is 1. The highest BCUT2D eigenvalue weighted by Crippen LogP contribution is 2.23. The molecule has 1 rings (SSSR count). The van der Waals surface area contributed by atoms with E-state index in [2.05, 4.69) is 6.92 Å². The van der Waals surface area contributed by atoms with Crippen molar-refractivity contribution in [3.8, 4) is 5.75 Å². The van der Waals surface area contributed by atoms with Crippen molar-refractivity contribution in [2.45, 2.75) is 53.0 Å². The maximum atomic E-state index is 12.5. The average molecular weight is 263 g/mol. The predicted octanol–water partition coefficient (Wildman–Crippen LogP) is 3.74. The van der Waals surface area contributed by atoms with E-state index in [1.54, 1.807) is 6.07 Å². The van der Waals surface area contributed by atoms with Gasteiger partial charge in [-0.1, -0.05) is 31.9 Å². The molecular formula is C16H25NO2. The maximum absolute atomic E-state index is 12.5. The minimum atomic E-state index is -0.0766. The summed E-state index contributed by atoms with van der Waals surface area (Å²) >= 11 is 0. The molecule has 3 nitrogen and oxygen atoms in total. The first-order valence-electron chi connectivity index (χ1n) is 7.08. The Labute approximate surface area is 116 Å². The summed E-state index contributed by atoms with van der Waals surface area (Å²) in [7, 11) is 0. The van der Waals surface area contributed by atoms with Crippen molar-refractivity contribution in [1.29, 1.82) is 0 Å². The third-order valence-corrected chi connectivity index (χ3v) is 3.35. The minimum absolute atomic E-state index is 0.0766. The highest BCUT2D eigenvalue weighted by atomic mass is 16.3. The molecular weight excluding hydrogens is 238 g/mol. The molecule has 106 valence electrons. The Hall–Kier alpha value is -1.51. The summed E-state index contributed by atoms with van der Waals surface area (Å²) in [5, 5.41) is 10.0. The number of carbonyl (C=O) groups excluding carboxylic acids is 1. The lowest BCUT2D eigenvalue weighted by atomic mass is 10.1. The lowest BCUT2D eigenvalue weighted by Gasteiger charge is -2.27. The second-order valence-corrected chi connectivity index (χ2v) is 5.27. The third-order valence-electron chi connectivity index (χ3n) is 3.35. The number of hydrogen-bond donors (Lipinski definition) is 1. The van der Waals surface area contributed by atoms with Crippen molar-refractivity contribution in [2.24, 2.45) is 0 Å². The number of aromatic hydroxyl groups is 1. The fourth-order valence-electron chi connectivity index (χ4n) is 2.11. The number of phenolic OH excluding ortho intramolecular Hbond substituents is 1. The average Bonchev–Trinajstić information content (AvgIpc) is 2.37. The van der Waals surface area contributed by atoms with Crippen molar-refractivity contribution >= 4 is 5.91 Å². The molecule has 0 saturated carbocycles. The van der Waals surface area contributed by atoms with Gasteiger partial charge in [0.1, 0.15) is 5.75 Å². The van der Waals surface area contributed by atoms with E-state index in [-0.39, 0.29) is 17.7 Å². The summed E-state index contributed by atoms with van der Waals surface area (Å²) in [4.78, 5) is 14.4. The van der Waals surface area contributed by atoms with E-state index >= 15 is 0 Å². The van der Waals surface area contributed by atoms with Gasteiger partial charge in [-0.25, -0.2) is 0 Å². The summed E-state index contributed by atoms with van der Waals surface area (Å²) in [5.41, 5.74) is 1.15. The molecule has 19 heavy (non-hydrogen) atoms. The van der Waals surface area contributed by atoms with Gasteiger partial charge >= 0.3 is 0 Å². The Morgan fingerprint density at radius 1 is 1.32 bits per heavy atom. The van der Waals surface area contributed by atoms with Gasteiger partial charge in [0.25, 0.3) is 5.91 Å². The van der Waals surface area contributed by atoms with E-state index in [4.69, 9.17) is 0 Å². The zero-order valence-corrected chi connectivity index (χ0v) is 12.4. The number of para-hydroxylation sites is 1. The van der Waals surface area contributed by atoms with E-state index < -0.39 is 0 Å². The molecule has 0 aromatic heterocycles. The Morgan fingerprint density at radius 2 is 2.00 bits per heavy atom. The van der Waals surface area contributed by atoms with Gasteiger partial charge in [-0.2, -0.15) is 0 Å². The Balaban J connectivity index is 2.90. The molecule has 0 spiro atoms. The molecule has 1 amide bonds. The summed E-state index contributed by atoms with van der Waals surface area (Å²) < 4.78 is 0. The number of rotatable bonds is 6. The van der Waals surface area contributed by atoms with Crippen LogP contribution in [0.2, 0.25) is 0 Å². The molecule has 0 atom stereocenters. The van der Waals surface area contributed by atoms with Crippen LogP contribution in [0.25, 0.3) is 0 Å². The topological polar surface area (TPSA) is 40.5 Å².